The van der Waals surface area contributed by atoms with E-state index in [0.29, 0.717) is 11.6 Å². The van der Waals surface area contributed by atoms with Crippen molar-refractivity contribution in [2.45, 2.75) is 38.6 Å². The van der Waals surface area contributed by atoms with Gasteiger partial charge in [-0.1, -0.05) is 12.8 Å². The second-order valence-electron chi connectivity index (χ2n) is 6.92. The third-order valence-corrected chi connectivity index (χ3v) is 4.81. The summed E-state index contributed by atoms with van der Waals surface area (Å²) in [7, 11) is 0. The summed E-state index contributed by atoms with van der Waals surface area (Å²) < 4.78 is 6.81. The molecular formula is C21H21N6NaO2. The second-order valence-corrected chi connectivity index (χ2v) is 6.92. The molecule has 1 fully saturated rings. The van der Waals surface area contributed by atoms with Gasteiger partial charge in [0.25, 0.3) is 5.56 Å². The molecule has 5 rings (SSSR count). The van der Waals surface area contributed by atoms with Crippen molar-refractivity contribution in [3.63, 3.8) is 0 Å². The number of rotatable bonds is 3. The van der Waals surface area contributed by atoms with Gasteiger partial charge in [0.2, 0.25) is 0 Å². The molecule has 0 amide bonds. The Morgan fingerprint density at radius 2 is 2.00 bits per heavy atom. The average Bonchev–Trinajstić information content (AvgIpc) is 3.42. The van der Waals surface area contributed by atoms with Crippen LogP contribution in [0.1, 0.15) is 31.4 Å². The number of nitrogens with one attached hydrogen (secondary N) is 1. The van der Waals surface area contributed by atoms with E-state index >= 15 is 0 Å². The van der Waals surface area contributed by atoms with E-state index in [1.165, 1.54) is 31.9 Å². The van der Waals surface area contributed by atoms with Crippen molar-refractivity contribution in [2.75, 3.05) is 5.32 Å². The third-order valence-electron chi connectivity index (χ3n) is 4.81. The SMILES string of the molecule is Cc1cn[c-]nn1.O=c1c2occc2ccn1-c1ccc(NC2CCCC2)nc1.[Na+]. The van der Waals surface area contributed by atoms with E-state index in [1.54, 1.807) is 29.2 Å². The quantitative estimate of drug-likeness (QED) is 0.382. The molecule has 0 spiro atoms. The van der Waals surface area contributed by atoms with Gasteiger partial charge in [0.15, 0.2) is 5.58 Å². The minimum absolute atomic E-state index is 0. The maximum atomic E-state index is 12.4. The second kappa shape index (κ2) is 10.5. The van der Waals surface area contributed by atoms with Crippen LogP contribution in [-0.2, 0) is 0 Å². The van der Waals surface area contributed by atoms with Gasteiger partial charge >= 0.3 is 29.6 Å². The fourth-order valence-electron chi connectivity index (χ4n) is 3.33. The topological polar surface area (TPSA) is 98.7 Å². The van der Waals surface area contributed by atoms with Crippen LogP contribution in [-0.4, -0.2) is 30.8 Å². The van der Waals surface area contributed by atoms with Crippen molar-refractivity contribution >= 4 is 16.8 Å². The van der Waals surface area contributed by atoms with Gasteiger partial charge in [0, 0.05) is 17.6 Å². The Morgan fingerprint density at radius 1 is 1.17 bits per heavy atom. The first-order valence-corrected chi connectivity index (χ1v) is 9.55. The molecule has 0 atom stereocenters. The molecule has 1 aliphatic carbocycles. The number of pyridine rings is 2. The molecule has 0 radical (unpaired) electrons. The van der Waals surface area contributed by atoms with Crippen LogP contribution >= 0.6 is 0 Å². The summed E-state index contributed by atoms with van der Waals surface area (Å²) in [6.07, 6.45) is 13.9. The van der Waals surface area contributed by atoms with Crippen molar-refractivity contribution in [1.29, 1.82) is 0 Å². The molecule has 1 N–H and O–H groups in total. The summed E-state index contributed by atoms with van der Waals surface area (Å²) in [6.45, 7) is 1.83. The normalized spacial score (nSPS) is 13.4. The zero-order chi connectivity index (χ0) is 20.1. The Labute approximate surface area is 196 Å². The minimum Gasteiger partial charge on any atom is -0.459 e. The summed E-state index contributed by atoms with van der Waals surface area (Å²) in [5, 5.41) is 11.3. The van der Waals surface area contributed by atoms with Crippen molar-refractivity contribution in [1.82, 2.24) is 24.7 Å². The Kier molecular flexibility index (Phi) is 7.73. The zero-order valence-electron chi connectivity index (χ0n) is 17.1. The van der Waals surface area contributed by atoms with Gasteiger partial charge in [-0.3, -0.25) is 9.36 Å². The zero-order valence-corrected chi connectivity index (χ0v) is 19.1. The predicted molar refractivity (Wildman–Crippen MR) is 109 cm³/mol. The Bertz CT molecular complexity index is 1120. The fraction of sp³-hybridized carbons (Fsp3) is 0.286. The first-order valence-electron chi connectivity index (χ1n) is 9.55. The van der Waals surface area contributed by atoms with E-state index in [4.69, 9.17) is 4.42 Å². The number of aryl methyl sites for hydroxylation is 1. The number of nitrogens with zero attached hydrogens (tertiary/aromatic N) is 5. The minimum atomic E-state index is -0.166. The van der Waals surface area contributed by atoms with Crippen LogP contribution in [0.4, 0.5) is 5.82 Å². The molecule has 4 heterocycles. The molecule has 0 aliphatic heterocycles. The van der Waals surface area contributed by atoms with Crippen molar-refractivity contribution < 1.29 is 34.0 Å². The summed E-state index contributed by atoms with van der Waals surface area (Å²) in [5.41, 5.74) is 1.76. The Hall–Kier alpha value is -2.55. The molecule has 30 heavy (non-hydrogen) atoms. The number of fused-ring (bicyclic) bond motifs is 1. The molecule has 0 aromatic carbocycles. The molecule has 0 bridgehead atoms. The molecule has 8 nitrogen and oxygen atoms in total. The Balaban J connectivity index is 0.000000274. The van der Waals surface area contributed by atoms with Crippen LogP contribution in [0.15, 0.2) is 58.3 Å². The van der Waals surface area contributed by atoms with Gasteiger partial charge in [0.05, 0.1) is 18.1 Å². The van der Waals surface area contributed by atoms with E-state index in [9.17, 15) is 4.79 Å². The smallest absolute Gasteiger partial charge is 0.459 e. The molecule has 1 saturated carbocycles. The van der Waals surface area contributed by atoms with E-state index in [-0.39, 0.29) is 35.1 Å². The number of furan rings is 1. The Morgan fingerprint density at radius 3 is 2.63 bits per heavy atom. The molecule has 9 heteroatoms. The number of anilines is 1. The maximum absolute atomic E-state index is 12.4. The molecule has 1 aliphatic rings. The monoisotopic (exact) mass is 412 g/mol. The largest absolute Gasteiger partial charge is 1.00 e. The van der Waals surface area contributed by atoms with Crippen molar-refractivity contribution in [3.05, 3.63) is 71.5 Å². The third kappa shape index (κ3) is 5.33. The fourth-order valence-corrected chi connectivity index (χ4v) is 3.33. The van der Waals surface area contributed by atoms with E-state index in [0.717, 1.165) is 22.6 Å². The molecule has 148 valence electrons. The van der Waals surface area contributed by atoms with Crippen LogP contribution in [0.3, 0.4) is 0 Å². The van der Waals surface area contributed by atoms with Gasteiger partial charge in [-0.15, -0.1) is 6.20 Å². The molecule has 0 saturated heterocycles. The average molecular weight is 412 g/mol. The molecular weight excluding hydrogens is 391 g/mol. The number of hydrogen-bond acceptors (Lipinski definition) is 7. The summed E-state index contributed by atoms with van der Waals surface area (Å²) >= 11 is 0. The van der Waals surface area contributed by atoms with Crippen LogP contribution in [0.2, 0.25) is 0 Å². The van der Waals surface area contributed by atoms with Gasteiger partial charge < -0.3 is 14.7 Å². The summed E-state index contributed by atoms with van der Waals surface area (Å²) in [5.74, 6) is 0.864. The van der Waals surface area contributed by atoms with Gasteiger partial charge in [-0.05, 0) is 56.1 Å². The number of aromatic nitrogens is 5. The van der Waals surface area contributed by atoms with Crippen LogP contribution in [0.25, 0.3) is 16.7 Å². The van der Waals surface area contributed by atoms with Crippen LogP contribution < -0.4 is 40.4 Å². The summed E-state index contributed by atoms with van der Waals surface area (Å²) in [6, 6.07) is 8.01. The summed E-state index contributed by atoms with van der Waals surface area (Å²) in [4.78, 5) is 20.4. The van der Waals surface area contributed by atoms with Crippen molar-refractivity contribution in [2.24, 2.45) is 0 Å². The van der Waals surface area contributed by atoms with E-state index in [1.807, 2.05) is 25.1 Å². The maximum Gasteiger partial charge on any atom is 1.00 e. The number of hydrogen-bond donors (Lipinski definition) is 1. The van der Waals surface area contributed by atoms with Gasteiger partial charge in [0.1, 0.15) is 5.82 Å². The van der Waals surface area contributed by atoms with Crippen molar-refractivity contribution in [3.8, 4) is 5.69 Å². The standard InChI is InChI=1S/C17H17N3O2.C4H4N3.Na/c21-17-16-12(8-10-22-16)7-9-20(17)14-5-6-15(18-11-14)19-13-3-1-2-4-13;1-4-2-5-3-6-7-4;/h5-11,13H,1-4H2,(H,18,19);2H,1H3;/q;-1;+1. The molecule has 4 aromatic heterocycles. The van der Waals surface area contributed by atoms with Crippen LogP contribution in [0.5, 0.6) is 0 Å². The van der Waals surface area contributed by atoms with E-state index in [2.05, 4.69) is 31.8 Å². The molecule has 4 aromatic rings. The van der Waals surface area contributed by atoms with Crippen LogP contribution in [0, 0.1) is 13.3 Å². The van der Waals surface area contributed by atoms with Gasteiger partial charge in [-0.2, -0.15) is 5.10 Å². The molecule has 0 unspecified atom stereocenters. The van der Waals surface area contributed by atoms with Gasteiger partial charge in [-0.25, -0.2) is 10.1 Å². The first kappa shape index (κ1) is 22.1. The predicted octanol–water partition coefficient (Wildman–Crippen LogP) is 0.317. The first-order chi connectivity index (χ1) is 14.2. The van der Waals surface area contributed by atoms with E-state index < -0.39 is 0 Å².